The Morgan fingerprint density at radius 3 is 2.71 bits per heavy atom. The van der Waals surface area contributed by atoms with Crippen molar-refractivity contribution in [3.8, 4) is 6.07 Å². The van der Waals surface area contributed by atoms with Crippen LogP contribution in [0, 0.1) is 24.2 Å². The molecule has 17 heavy (non-hydrogen) atoms. The van der Waals surface area contributed by atoms with Crippen molar-refractivity contribution in [1.82, 2.24) is 4.98 Å². The highest BCUT2D eigenvalue weighted by Gasteiger charge is 2.27. The zero-order valence-corrected chi connectivity index (χ0v) is 10.8. The lowest BCUT2D eigenvalue weighted by atomic mass is 10.2. The van der Waals surface area contributed by atoms with Crippen molar-refractivity contribution in [2.75, 3.05) is 11.4 Å². The number of aromatic nitrogens is 1. The maximum absolute atomic E-state index is 9.17. The minimum atomic E-state index is 0.386. The number of rotatable bonds is 4. The molecule has 0 atom stereocenters. The van der Waals surface area contributed by atoms with Gasteiger partial charge in [0, 0.05) is 18.3 Å². The van der Waals surface area contributed by atoms with Gasteiger partial charge in [-0.15, -0.1) is 0 Å². The van der Waals surface area contributed by atoms with E-state index in [9.17, 15) is 5.26 Å². The molecule has 1 aromatic heterocycles. The van der Waals surface area contributed by atoms with E-state index in [2.05, 4.69) is 29.8 Å². The van der Waals surface area contributed by atoms with Gasteiger partial charge >= 0.3 is 0 Å². The minimum Gasteiger partial charge on any atom is -0.353 e. The smallest absolute Gasteiger partial charge is 0.147 e. The fourth-order valence-corrected chi connectivity index (χ4v) is 1.97. The van der Waals surface area contributed by atoms with Crippen LogP contribution in [0.25, 0.3) is 0 Å². The fraction of sp³-hybridized carbons (Fsp3) is 0.571. The van der Waals surface area contributed by atoms with E-state index < -0.39 is 0 Å². The number of hydrogen-bond acceptors (Lipinski definition) is 3. The lowest BCUT2D eigenvalue weighted by Crippen LogP contribution is -2.34. The summed E-state index contributed by atoms with van der Waals surface area (Å²) in [5, 5.41) is 9.17. The third-order valence-electron chi connectivity index (χ3n) is 3.18. The van der Waals surface area contributed by atoms with Crippen LogP contribution in [0.4, 0.5) is 5.82 Å². The summed E-state index contributed by atoms with van der Waals surface area (Å²) < 4.78 is 0. The summed E-state index contributed by atoms with van der Waals surface area (Å²) in [6, 6.07) is 6.41. The van der Waals surface area contributed by atoms with Gasteiger partial charge in [0.1, 0.15) is 11.9 Å². The van der Waals surface area contributed by atoms with Gasteiger partial charge in [0.05, 0.1) is 5.56 Å². The number of pyridine rings is 1. The van der Waals surface area contributed by atoms with Crippen molar-refractivity contribution in [1.29, 1.82) is 5.26 Å². The average Bonchev–Trinajstić information content (AvgIpc) is 3.09. The summed E-state index contributed by atoms with van der Waals surface area (Å²) in [6.07, 6.45) is 2.63. The topological polar surface area (TPSA) is 39.9 Å². The Balaban J connectivity index is 2.33. The first-order chi connectivity index (χ1) is 8.11. The van der Waals surface area contributed by atoms with Crippen LogP contribution in [0.1, 0.15) is 37.9 Å². The summed E-state index contributed by atoms with van der Waals surface area (Å²) >= 11 is 0. The number of aryl methyl sites for hydroxylation is 1. The average molecular weight is 229 g/mol. The van der Waals surface area contributed by atoms with Crippen LogP contribution < -0.4 is 4.90 Å². The van der Waals surface area contributed by atoms with E-state index in [1.54, 1.807) is 0 Å². The van der Waals surface area contributed by atoms with Gasteiger partial charge in [-0.3, -0.25) is 0 Å². The second-order valence-corrected chi connectivity index (χ2v) is 5.13. The maximum atomic E-state index is 9.17. The fourth-order valence-electron chi connectivity index (χ4n) is 1.97. The van der Waals surface area contributed by atoms with E-state index in [1.165, 1.54) is 12.8 Å². The molecule has 1 aliphatic carbocycles. The van der Waals surface area contributed by atoms with E-state index in [1.807, 2.05) is 19.1 Å². The Labute approximate surface area is 103 Å². The Hall–Kier alpha value is -1.56. The second-order valence-electron chi connectivity index (χ2n) is 5.13. The van der Waals surface area contributed by atoms with Crippen molar-refractivity contribution >= 4 is 5.82 Å². The molecule has 0 amide bonds. The first kappa shape index (κ1) is 11.9. The van der Waals surface area contributed by atoms with Crippen LogP contribution in [0.3, 0.4) is 0 Å². The Bertz CT molecular complexity index is 441. The molecule has 3 nitrogen and oxygen atoms in total. The van der Waals surface area contributed by atoms with Crippen LogP contribution >= 0.6 is 0 Å². The summed E-state index contributed by atoms with van der Waals surface area (Å²) in [5.41, 5.74) is 1.66. The lowest BCUT2D eigenvalue weighted by Gasteiger charge is -2.28. The standard InChI is InChI=1S/C14H19N3/c1-10(2)17(9-12-5-6-12)14-13(8-15)7-4-11(3)16-14/h4,7,10,12H,5-6,9H2,1-3H3. The number of hydrogen-bond donors (Lipinski definition) is 0. The molecule has 0 bridgehead atoms. The highest BCUT2D eigenvalue weighted by atomic mass is 15.2. The quantitative estimate of drug-likeness (QED) is 0.797. The molecule has 3 heteroatoms. The normalized spacial score (nSPS) is 14.8. The van der Waals surface area contributed by atoms with Gasteiger partial charge in [0.2, 0.25) is 0 Å². The number of anilines is 1. The van der Waals surface area contributed by atoms with E-state index in [0.29, 0.717) is 11.6 Å². The zero-order valence-electron chi connectivity index (χ0n) is 10.8. The van der Waals surface area contributed by atoms with Crippen LogP contribution in [0.15, 0.2) is 12.1 Å². The Kier molecular flexibility index (Phi) is 3.33. The number of nitrogens with zero attached hydrogens (tertiary/aromatic N) is 3. The van der Waals surface area contributed by atoms with Crippen LogP contribution in [-0.2, 0) is 0 Å². The first-order valence-electron chi connectivity index (χ1n) is 6.26. The van der Waals surface area contributed by atoms with Crippen molar-refractivity contribution in [2.45, 2.75) is 39.7 Å². The highest BCUT2D eigenvalue weighted by molar-refractivity contribution is 5.55. The molecule has 0 saturated heterocycles. The maximum Gasteiger partial charge on any atom is 0.147 e. The van der Waals surface area contributed by atoms with E-state index >= 15 is 0 Å². The molecule has 0 spiro atoms. The largest absolute Gasteiger partial charge is 0.353 e. The SMILES string of the molecule is Cc1ccc(C#N)c(N(CC2CC2)C(C)C)n1. The molecule has 0 N–H and O–H groups in total. The summed E-state index contributed by atoms with van der Waals surface area (Å²) in [4.78, 5) is 6.82. The van der Waals surface area contributed by atoms with Gasteiger partial charge in [-0.25, -0.2) is 4.98 Å². The lowest BCUT2D eigenvalue weighted by molar-refractivity contribution is 0.635. The molecule has 1 heterocycles. The molecule has 2 rings (SSSR count). The van der Waals surface area contributed by atoms with Gasteiger partial charge in [-0.05, 0) is 51.7 Å². The van der Waals surface area contributed by atoms with E-state index in [0.717, 1.165) is 24.0 Å². The zero-order chi connectivity index (χ0) is 12.4. The van der Waals surface area contributed by atoms with Crippen molar-refractivity contribution in [2.24, 2.45) is 5.92 Å². The minimum absolute atomic E-state index is 0.386. The third kappa shape index (κ3) is 2.76. The molecular formula is C14H19N3. The van der Waals surface area contributed by atoms with Gasteiger partial charge in [-0.2, -0.15) is 5.26 Å². The molecular weight excluding hydrogens is 210 g/mol. The molecule has 0 radical (unpaired) electrons. The predicted molar refractivity (Wildman–Crippen MR) is 68.9 cm³/mol. The molecule has 1 fully saturated rings. The van der Waals surface area contributed by atoms with Gasteiger partial charge in [0.25, 0.3) is 0 Å². The third-order valence-corrected chi connectivity index (χ3v) is 3.18. The summed E-state index contributed by atoms with van der Waals surface area (Å²) in [6.45, 7) is 7.32. The molecule has 0 unspecified atom stereocenters. The monoisotopic (exact) mass is 229 g/mol. The first-order valence-corrected chi connectivity index (χ1v) is 6.26. The predicted octanol–water partition coefficient (Wildman–Crippen LogP) is 2.89. The molecule has 1 aromatic rings. The van der Waals surface area contributed by atoms with Gasteiger partial charge in [0.15, 0.2) is 0 Å². The molecule has 0 aliphatic heterocycles. The molecule has 90 valence electrons. The molecule has 1 aliphatic rings. The van der Waals surface area contributed by atoms with E-state index in [4.69, 9.17) is 0 Å². The highest BCUT2D eigenvalue weighted by Crippen LogP contribution is 2.32. The summed E-state index contributed by atoms with van der Waals surface area (Å²) in [7, 11) is 0. The van der Waals surface area contributed by atoms with Gasteiger partial charge < -0.3 is 4.90 Å². The van der Waals surface area contributed by atoms with Crippen LogP contribution in [0.2, 0.25) is 0 Å². The Morgan fingerprint density at radius 1 is 1.47 bits per heavy atom. The van der Waals surface area contributed by atoms with Crippen molar-refractivity contribution in [3.05, 3.63) is 23.4 Å². The van der Waals surface area contributed by atoms with E-state index in [-0.39, 0.29) is 0 Å². The molecule has 0 aromatic carbocycles. The van der Waals surface area contributed by atoms with Crippen LogP contribution in [0.5, 0.6) is 0 Å². The van der Waals surface area contributed by atoms with Crippen LogP contribution in [-0.4, -0.2) is 17.6 Å². The number of nitriles is 1. The van der Waals surface area contributed by atoms with Crippen molar-refractivity contribution < 1.29 is 0 Å². The summed E-state index contributed by atoms with van der Waals surface area (Å²) in [5.74, 6) is 1.65. The molecule has 1 saturated carbocycles. The second kappa shape index (κ2) is 4.75. The Morgan fingerprint density at radius 2 is 2.18 bits per heavy atom. The van der Waals surface area contributed by atoms with Gasteiger partial charge in [-0.1, -0.05) is 0 Å². The van der Waals surface area contributed by atoms with Crippen molar-refractivity contribution in [3.63, 3.8) is 0 Å².